The average molecular weight is 277 g/mol. The minimum absolute atomic E-state index is 0.0402. The van der Waals surface area contributed by atoms with Gasteiger partial charge in [0.25, 0.3) is 5.91 Å². The van der Waals surface area contributed by atoms with E-state index in [4.69, 9.17) is 0 Å². The maximum atomic E-state index is 12.3. The summed E-state index contributed by atoms with van der Waals surface area (Å²) < 4.78 is 0. The van der Waals surface area contributed by atoms with Crippen molar-refractivity contribution in [2.24, 2.45) is 5.92 Å². The molecule has 1 aliphatic carbocycles. The number of hydrogen-bond donors (Lipinski definition) is 2. The van der Waals surface area contributed by atoms with Gasteiger partial charge in [-0.1, -0.05) is 6.92 Å². The van der Waals surface area contributed by atoms with Crippen LogP contribution in [0.5, 0.6) is 0 Å². The molecule has 0 radical (unpaired) electrons. The van der Waals surface area contributed by atoms with E-state index in [2.05, 4.69) is 20.5 Å². The molecule has 1 aromatic heterocycles. The van der Waals surface area contributed by atoms with E-state index in [1.165, 1.54) is 12.8 Å². The van der Waals surface area contributed by atoms with Gasteiger partial charge in [0.1, 0.15) is 5.82 Å². The number of nitrogens with one attached hydrogen (secondary N) is 2. The number of carbonyl (C=O) groups is 1. The Morgan fingerprint density at radius 3 is 2.70 bits per heavy atom. The van der Waals surface area contributed by atoms with Crippen molar-refractivity contribution in [2.75, 3.05) is 19.6 Å². The van der Waals surface area contributed by atoms with E-state index in [1.54, 1.807) is 0 Å². The van der Waals surface area contributed by atoms with Gasteiger partial charge in [0, 0.05) is 25.6 Å². The van der Waals surface area contributed by atoms with Crippen LogP contribution in [0.4, 0.5) is 0 Å². The summed E-state index contributed by atoms with van der Waals surface area (Å²) in [4.78, 5) is 18.4. The van der Waals surface area contributed by atoms with Crippen LogP contribution in [0.15, 0.2) is 0 Å². The van der Waals surface area contributed by atoms with Crippen molar-refractivity contribution in [3.05, 3.63) is 11.6 Å². The van der Waals surface area contributed by atoms with Crippen molar-refractivity contribution in [3.63, 3.8) is 0 Å². The zero-order valence-corrected chi connectivity index (χ0v) is 12.1. The quantitative estimate of drug-likeness (QED) is 0.841. The highest BCUT2D eigenvalue weighted by Crippen LogP contribution is 2.28. The molecule has 2 N–H and O–H groups in total. The molecule has 2 heterocycles. The van der Waals surface area contributed by atoms with Gasteiger partial charge in [0.05, 0.1) is 0 Å². The fourth-order valence-electron chi connectivity index (χ4n) is 2.63. The molecule has 1 saturated carbocycles. The SMILES string of the molecule is CCc1nc(C(=O)N2CCC(NCC3CC3)CC2)n[nH]1. The fourth-order valence-corrected chi connectivity index (χ4v) is 2.63. The fraction of sp³-hybridized carbons (Fsp3) is 0.786. The molecule has 3 rings (SSSR count). The third kappa shape index (κ3) is 3.17. The Bertz CT molecular complexity index is 460. The Kier molecular flexibility index (Phi) is 4.00. The number of rotatable bonds is 5. The van der Waals surface area contributed by atoms with Crippen molar-refractivity contribution >= 4 is 5.91 Å². The van der Waals surface area contributed by atoms with Gasteiger partial charge in [0.15, 0.2) is 0 Å². The number of aromatic amines is 1. The molecule has 1 amide bonds. The van der Waals surface area contributed by atoms with Crippen LogP contribution in [0, 0.1) is 5.92 Å². The standard InChI is InChI=1S/C14H23N5O/c1-2-12-16-13(18-17-12)14(20)19-7-5-11(6-8-19)15-9-10-3-4-10/h10-11,15H,2-9H2,1H3,(H,16,17,18). The summed E-state index contributed by atoms with van der Waals surface area (Å²) in [6.45, 7) is 4.75. The van der Waals surface area contributed by atoms with E-state index in [0.717, 1.165) is 50.6 Å². The summed E-state index contributed by atoms with van der Waals surface area (Å²) in [7, 11) is 0. The highest BCUT2D eigenvalue weighted by Gasteiger charge is 2.27. The Morgan fingerprint density at radius 1 is 1.35 bits per heavy atom. The van der Waals surface area contributed by atoms with Crippen LogP contribution in [-0.4, -0.2) is 51.7 Å². The summed E-state index contributed by atoms with van der Waals surface area (Å²) in [6, 6.07) is 0.568. The minimum atomic E-state index is -0.0402. The minimum Gasteiger partial charge on any atom is -0.336 e. The van der Waals surface area contributed by atoms with Gasteiger partial charge in [-0.25, -0.2) is 4.98 Å². The highest BCUT2D eigenvalue weighted by molar-refractivity contribution is 5.90. The monoisotopic (exact) mass is 277 g/mol. The smallest absolute Gasteiger partial charge is 0.293 e. The van der Waals surface area contributed by atoms with E-state index in [0.29, 0.717) is 11.9 Å². The lowest BCUT2D eigenvalue weighted by Gasteiger charge is -2.31. The van der Waals surface area contributed by atoms with Crippen LogP contribution in [0.3, 0.4) is 0 Å². The molecule has 0 bridgehead atoms. The van der Waals surface area contributed by atoms with Gasteiger partial charge in [-0.05, 0) is 38.1 Å². The van der Waals surface area contributed by atoms with Crippen molar-refractivity contribution in [3.8, 4) is 0 Å². The molecule has 20 heavy (non-hydrogen) atoms. The topological polar surface area (TPSA) is 73.9 Å². The highest BCUT2D eigenvalue weighted by atomic mass is 16.2. The zero-order chi connectivity index (χ0) is 13.9. The first kappa shape index (κ1) is 13.5. The van der Waals surface area contributed by atoms with Crippen molar-refractivity contribution < 1.29 is 4.79 Å². The second kappa shape index (κ2) is 5.91. The molecule has 0 unspecified atom stereocenters. The number of aryl methyl sites for hydroxylation is 1. The third-order valence-corrected chi connectivity index (χ3v) is 4.23. The number of hydrogen-bond acceptors (Lipinski definition) is 4. The lowest BCUT2D eigenvalue weighted by molar-refractivity contribution is 0.0693. The molecule has 2 aliphatic rings. The van der Waals surface area contributed by atoms with E-state index in [9.17, 15) is 4.79 Å². The predicted octanol–water partition coefficient (Wildman–Crippen LogP) is 0.971. The lowest BCUT2D eigenvalue weighted by atomic mass is 10.0. The third-order valence-electron chi connectivity index (χ3n) is 4.23. The summed E-state index contributed by atoms with van der Waals surface area (Å²) in [5, 5.41) is 10.4. The molecule has 0 aromatic carbocycles. The van der Waals surface area contributed by atoms with Crippen LogP contribution >= 0.6 is 0 Å². The second-order valence-corrected chi connectivity index (χ2v) is 5.88. The molecule has 1 saturated heterocycles. The molecule has 0 spiro atoms. The number of amides is 1. The molecule has 110 valence electrons. The lowest BCUT2D eigenvalue weighted by Crippen LogP contribution is -2.45. The first-order chi connectivity index (χ1) is 9.76. The maximum Gasteiger partial charge on any atom is 0.293 e. The molecule has 0 atom stereocenters. The summed E-state index contributed by atoms with van der Waals surface area (Å²) >= 11 is 0. The van der Waals surface area contributed by atoms with E-state index >= 15 is 0 Å². The van der Waals surface area contributed by atoms with Gasteiger partial charge >= 0.3 is 0 Å². The van der Waals surface area contributed by atoms with Crippen molar-refractivity contribution in [2.45, 2.75) is 45.1 Å². The Morgan fingerprint density at radius 2 is 2.10 bits per heavy atom. The van der Waals surface area contributed by atoms with Crippen LogP contribution in [0.25, 0.3) is 0 Å². The molecular weight excluding hydrogens is 254 g/mol. The molecule has 2 fully saturated rings. The van der Waals surface area contributed by atoms with E-state index < -0.39 is 0 Å². The number of aromatic nitrogens is 3. The average Bonchev–Trinajstić information content (AvgIpc) is 3.20. The number of likely N-dealkylation sites (tertiary alicyclic amines) is 1. The Balaban J connectivity index is 1.47. The Labute approximate surface area is 119 Å². The van der Waals surface area contributed by atoms with Crippen molar-refractivity contribution in [1.82, 2.24) is 25.4 Å². The first-order valence-corrected chi connectivity index (χ1v) is 7.70. The van der Waals surface area contributed by atoms with Crippen LogP contribution < -0.4 is 5.32 Å². The molecule has 1 aromatic rings. The van der Waals surface area contributed by atoms with Crippen LogP contribution in [-0.2, 0) is 6.42 Å². The summed E-state index contributed by atoms with van der Waals surface area (Å²) in [5.74, 6) is 1.96. The number of carbonyl (C=O) groups excluding carboxylic acids is 1. The number of piperidine rings is 1. The largest absolute Gasteiger partial charge is 0.336 e. The number of nitrogens with zero attached hydrogens (tertiary/aromatic N) is 3. The van der Waals surface area contributed by atoms with Gasteiger partial charge in [-0.3, -0.25) is 9.89 Å². The number of H-pyrrole nitrogens is 1. The molecular formula is C14H23N5O. The van der Waals surface area contributed by atoms with Gasteiger partial charge < -0.3 is 10.2 Å². The molecule has 6 heteroatoms. The predicted molar refractivity (Wildman–Crippen MR) is 75.4 cm³/mol. The van der Waals surface area contributed by atoms with Gasteiger partial charge in [-0.15, -0.1) is 5.10 Å². The maximum absolute atomic E-state index is 12.3. The molecule has 6 nitrogen and oxygen atoms in total. The Hall–Kier alpha value is -1.43. The van der Waals surface area contributed by atoms with Gasteiger partial charge in [0.2, 0.25) is 5.82 Å². The molecule has 1 aliphatic heterocycles. The van der Waals surface area contributed by atoms with Crippen LogP contribution in [0.2, 0.25) is 0 Å². The zero-order valence-electron chi connectivity index (χ0n) is 12.1. The second-order valence-electron chi connectivity index (χ2n) is 5.88. The first-order valence-electron chi connectivity index (χ1n) is 7.70. The summed E-state index contributed by atoms with van der Waals surface area (Å²) in [5.41, 5.74) is 0. The van der Waals surface area contributed by atoms with Crippen LogP contribution in [0.1, 0.15) is 49.1 Å². The summed E-state index contributed by atoms with van der Waals surface area (Å²) in [6.07, 6.45) is 5.60. The normalized spacial score (nSPS) is 20.4. The van der Waals surface area contributed by atoms with Gasteiger partial charge in [-0.2, -0.15) is 0 Å². The van der Waals surface area contributed by atoms with E-state index in [1.807, 2.05) is 11.8 Å². The van der Waals surface area contributed by atoms with E-state index in [-0.39, 0.29) is 5.91 Å². The van der Waals surface area contributed by atoms with Crippen molar-refractivity contribution in [1.29, 1.82) is 0 Å².